The summed E-state index contributed by atoms with van der Waals surface area (Å²) in [6.07, 6.45) is 2.63. The minimum absolute atomic E-state index is 0.0646. The molecule has 0 fully saturated rings. The number of aryl methyl sites for hydroxylation is 1. The summed E-state index contributed by atoms with van der Waals surface area (Å²) in [4.78, 5) is 0. The Morgan fingerprint density at radius 2 is 2.13 bits per heavy atom. The van der Waals surface area contributed by atoms with Gasteiger partial charge in [0.1, 0.15) is 0 Å². The molecule has 5 heteroatoms. The molecule has 1 aromatic heterocycles. The van der Waals surface area contributed by atoms with Gasteiger partial charge in [0.25, 0.3) is 0 Å². The maximum atomic E-state index is 8.99. The molecule has 1 aromatic rings. The van der Waals surface area contributed by atoms with E-state index >= 15 is 0 Å². The van der Waals surface area contributed by atoms with Crippen molar-refractivity contribution in [1.29, 1.82) is 0 Å². The zero-order chi connectivity index (χ0) is 11.3. The average Bonchev–Trinajstić information content (AvgIpc) is 2.67. The first-order chi connectivity index (χ1) is 7.22. The van der Waals surface area contributed by atoms with Crippen LogP contribution in [0.5, 0.6) is 0 Å². The van der Waals surface area contributed by atoms with Crippen molar-refractivity contribution in [3.63, 3.8) is 0 Å². The van der Waals surface area contributed by atoms with Crippen molar-refractivity contribution in [2.24, 2.45) is 7.05 Å². The van der Waals surface area contributed by atoms with E-state index < -0.39 is 0 Å². The van der Waals surface area contributed by atoms with Crippen molar-refractivity contribution in [2.75, 3.05) is 13.2 Å². The molecule has 0 bridgehead atoms. The van der Waals surface area contributed by atoms with Gasteiger partial charge in [-0.15, -0.1) is 0 Å². The van der Waals surface area contributed by atoms with Gasteiger partial charge in [0.15, 0.2) is 0 Å². The van der Waals surface area contributed by atoms with E-state index in [1.165, 1.54) is 0 Å². The SMILES string of the molecule is CC[C@@H](NC(CO)CO)c1ccnn1C. The van der Waals surface area contributed by atoms with E-state index in [0.717, 1.165) is 12.1 Å². The summed E-state index contributed by atoms with van der Waals surface area (Å²) in [5, 5.41) is 25.3. The second-order valence-electron chi connectivity index (χ2n) is 3.57. The fourth-order valence-corrected chi connectivity index (χ4v) is 1.59. The van der Waals surface area contributed by atoms with Crippen molar-refractivity contribution in [3.8, 4) is 0 Å². The highest BCUT2D eigenvalue weighted by Gasteiger charge is 2.16. The van der Waals surface area contributed by atoms with Gasteiger partial charge in [0, 0.05) is 19.3 Å². The van der Waals surface area contributed by atoms with Crippen LogP contribution in [-0.2, 0) is 7.05 Å². The van der Waals surface area contributed by atoms with Gasteiger partial charge in [-0.25, -0.2) is 0 Å². The molecule has 0 spiro atoms. The molecule has 1 heterocycles. The Kier molecular flexibility index (Phi) is 4.74. The summed E-state index contributed by atoms with van der Waals surface area (Å²) in [6, 6.07) is 1.78. The Labute approximate surface area is 89.7 Å². The van der Waals surface area contributed by atoms with E-state index in [4.69, 9.17) is 10.2 Å². The van der Waals surface area contributed by atoms with Gasteiger partial charge in [-0.1, -0.05) is 6.92 Å². The van der Waals surface area contributed by atoms with E-state index in [0.29, 0.717) is 0 Å². The molecule has 0 saturated carbocycles. The predicted octanol–water partition coefficient (Wildman–Crippen LogP) is -0.186. The van der Waals surface area contributed by atoms with Gasteiger partial charge >= 0.3 is 0 Å². The van der Waals surface area contributed by atoms with E-state index in [1.54, 1.807) is 10.9 Å². The third kappa shape index (κ3) is 3.02. The highest BCUT2D eigenvalue weighted by molar-refractivity contribution is 5.06. The van der Waals surface area contributed by atoms with Crippen LogP contribution in [0.3, 0.4) is 0 Å². The second-order valence-corrected chi connectivity index (χ2v) is 3.57. The summed E-state index contributed by atoms with van der Waals surface area (Å²) < 4.78 is 1.80. The lowest BCUT2D eigenvalue weighted by atomic mass is 10.1. The summed E-state index contributed by atoms with van der Waals surface area (Å²) in [5.41, 5.74) is 1.06. The van der Waals surface area contributed by atoms with E-state index in [9.17, 15) is 0 Å². The Morgan fingerprint density at radius 1 is 1.47 bits per heavy atom. The zero-order valence-electron chi connectivity index (χ0n) is 9.22. The molecule has 0 saturated heterocycles. The quantitative estimate of drug-likeness (QED) is 0.613. The number of nitrogens with one attached hydrogen (secondary N) is 1. The first kappa shape index (κ1) is 12.2. The summed E-state index contributed by atoms with van der Waals surface area (Å²) >= 11 is 0. The van der Waals surface area contributed by atoms with Crippen LogP contribution in [0.4, 0.5) is 0 Å². The van der Waals surface area contributed by atoms with Crippen LogP contribution in [-0.4, -0.2) is 39.2 Å². The van der Waals surface area contributed by atoms with Crippen molar-refractivity contribution in [1.82, 2.24) is 15.1 Å². The molecule has 1 rings (SSSR count). The topological polar surface area (TPSA) is 70.3 Å². The molecule has 15 heavy (non-hydrogen) atoms. The Balaban J connectivity index is 2.68. The van der Waals surface area contributed by atoms with Crippen LogP contribution in [0.25, 0.3) is 0 Å². The highest BCUT2D eigenvalue weighted by atomic mass is 16.3. The molecule has 0 aliphatic rings. The molecule has 0 amide bonds. The molecular weight excluding hydrogens is 194 g/mol. The van der Waals surface area contributed by atoms with Crippen LogP contribution in [0.1, 0.15) is 25.1 Å². The lowest BCUT2D eigenvalue weighted by Gasteiger charge is -2.22. The fraction of sp³-hybridized carbons (Fsp3) is 0.700. The number of aliphatic hydroxyl groups excluding tert-OH is 2. The number of rotatable bonds is 6. The second kappa shape index (κ2) is 5.85. The molecule has 0 radical (unpaired) electrons. The van der Waals surface area contributed by atoms with Crippen LogP contribution in [0.2, 0.25) is 0 Å². The minimum Gasteiger partial charge on any atom is -0.395 e. The number of aliphatic hydroxyl groups is 2. The van der Waals surface area contributed by atoms with Gasteiger partial charge < -0.3 is 15.5 Å². The molecule has 3 N–H and O–H groups in total. The van der Waals surface area contributed by atoms with Crippen LogP contribution in [0, 0.1) is 0 Å². The number of hydrogen-bond donors (Lipinski definition) is 3. The van der Waals surface area contributed by atoms with Crippen molar-refractivity contribution in [2.45, 2.75) is 25.4 Å². The molecular formula is C10H19N3O2. The fourth-order valence-electron chi connectivity index (χ4n) is 1.59. The smallest absolute Gasteiger partial charge is 0.0607 e. The van der Waals surface area contributed by atoms with Crippen molar-refractivity contribution >= 4 is 0 Å². The highest BCUT2D eigenvalue weighted by Crippen LogP contribution is 2.15. The number of nitrogens with zero attached hydrogens (tertiary/aromatic N) is 2. The Bertz CT molecular complexity index is 284. The maximum absolute atomic E-state index is 8.99. The van der Waals surface area contributed by atoms with E-state index in [2.05, 4.69) is 17.3 Å². The van der Waals surface area contributed by atoms with E-state index in [-0.39, 0.29) is 25.3 Å². The average molecular weight is 213 g/mol. The molecule has 0 aliphatic carbocycles. The molecule has 0 aliphatic heterocycles. The van der Waals surface area contributed by atoms with Crippen LogP contribution < -0.4 is 5.32 Å². The van der Waals surface area contributed by atoms with Crippen molar-refractivity contribution < 1.29 is 10.2 Å². The minimum atomic E-state index is -0.273. The standard InChI is InChI=1S/C10H19N3O2/c1-3-9(12-8(6-14)7-15)10-4-5-11-13(10)2/h4-5,8-9,12,14-15H,3,6-7H2,1-2H3/t9-/m1/s1. The van der Waals surface area contributed by atoms with E-state index in [1.807, 2.05) is 13.1 Å². The predicted molar refractivity (Wildman–Crippen MR) is 57.3 cm³/mol. The monoisotopic (exact) mass is 213 g/mol. The van der Waals surface area contributed by atoms with Crippen molar-refractivity contribution in [3.05, 3.63) is 18.0 Å². The molecule has 0 aromatic carbocycles. The van der Waals surface area contributed by atoms with Crippen LogP contribution >= 0.6 is 0 Å². The lowest BCUT2D eigenvalue weighted by Crippen LogP contribution is -2.38. The first-order valence-corrected chi connectivity index (χ1v) is 5.18. The third-order valence-corrected chi connectivity index (χ3v) is 2.50. The number of aromatic nitrogens is 2. The van der Waals surface area contributed by atoms with Gasteiger partial charge in [0.2, 0.25) is 0 Å². The maximum Gasteiger partial charge on any atom is 0.0607 e. The Hall–Kier alpha value is -0.910. The molecule has 1 atom stereocenters. The van der Waals surface area contributed by atoms with Gasteiger partial charge in [0.05, 0.1) is 24.9 Å². The van der Waals surface area contributed by atoms with Gasteiger partial charge in [-0.05, 0) is 12.5 Å². The van der Waals surface area contributed by atoms with Gasteiger partial charge in [-0.3, -0.25) is 4.68 Å². The largest absolute Gasteiger partial charge is 0.395 e. The molecule has 86 valence electrons. The zero-order valence-corrected chi connectivity index (χ0v) is 9.22. The van der Waals surface area contributed by atoms with Gasteiger partial charge in [-0.2, -0.15) is 5.10 Å². The third-order valence-electron chi connectivity index (χ3n) is 2.50. The number of hydrogen-bond acceptors (Lipinski definition) is 4. The normalized spacial score (nSPS) is 13.4. The lowest BCUT2D eigenvalue weighted by molar-refractivity contribution is 0.160. The Morgan fingerprint density at radius 3 is 2.53 bits per heavy atom. The molecule has 0 unspecified atom stereocenters. The summed E-state index contributed by atoms with van der Waals surface area (Å²) in [7, 11) is 1.88. The summed E-state index contributed by atoms with van der Waals surface area (Å²) in [5.74, 6) is 0. The van der Waals surface area contributed by atoms with Crippen LogP contribution in [0.15, 0.2) is 12.3 Å². The molecule has 5 nitrogen and oxygen atoms in total. The first-order valence-electron chi connectivity index (χ1n) is 5.18. The summed E-state index contributed by atoms with van der Waals surface area (Å²) in [6.45, 7) is 1.92.